The van der Waals surface area contributed by atoms with Crippen molar-refractivity contribution in [3.05, 3.63) is 28.8 Å². The Morgan fingerprint density at radius 3 is 2.24 bits per heavy atom. The van der Waals surface area contributed by atoms with E-state index in [9.17, 15) is 4.79 Å². The van der Waals surface area contributed by atoms with E-state index in [-0.39, 0.29) is 17.6 Å². The number of nitrogens with zero attached hydrogens (tertiary/aromatic N) is 1. The minimum absolute atomic E-state index is 0.187. The highest BCUT2D eigenvalue weighted by Gasteiger charge is 2.07. The average Bonchev–Trinajstić information content (AvgIpc) is 2.14. The zero-order chi connectivity index (χ0) is 13.0. The SMILES string of the molecule is Cc1cc(C)c(SCC(=O)N=C(N)N)c(C)c1. The number of nitrogens with two attached hydrogens (primary N) is 2. The number of thioether (sulfide) groups is 1. The van der Waals surface area contributed by atoms with Gasteiger partial charge in [0, 0.05) is 4.90 Å². The van der Waals surface area contributed by atoms with E-state index in [0.717, 1.165) is 4.90 Å². The van der Waals surface area contributed by atoms with Gasteiger partial charge in [-0.25, -0.2) is 0 Å². The summed E-state index contributed by atoms with van der Waals surface area (Å²) < 4.78 is 0. The molecule has 5 heteroatoms. The Bertz CT molecular complexity index is 442. The minimum atomic E-state index is -0.311. The second kappa shape index (κ2) is 5.72. The number of aliphatic imine (C=N–C) groups is 1. The summed E-state index contributed by atoms with van der Waals surface area (Å²) in [6, 6.07) is 4.20. The molecular formula is C12H17N3OS. The summed E-state index contributed by atoms with van der Waals surface area (Å²) in [5.74, 6) is -0.245. The summed E-state index contributed by atoms with van der Waals surface area (Å²) in [6.07, 6.45) is 0. The van der Waals surface area contributed by atoms with E-state index in [4.69, 9.17) is 11.5 Å². The molecule has 0 fully saturated rings. The molecule has 1 rings (SSSR count). The minimum Gasteiger partial charge on any atom is -0.370 e. The zero-order valence-electron chi connectivity index (χ0n) is 10.3. The molecule has 0 spiro atoms. The third-order valence-corrected chi connectivity index (χ3v) is 3.52. The van der Waals surface area contributed by atoms with Crippen LogP contribution in [0.4, 0.5) is 0 Å². The van der Waals surface area contributed by atoms with Crippen molar-refractivity contribution in [1.29, 1.82) is 0 Å². The topological polar surface area (TPSA) is 81.5 Å². The van der Waals surface area contributed by atoms with Gasteiger partial charge in [-0.2, -0.15) is 4.99 Å². The molecule has 1 aromatic rings. The van der Waals surface area contributed by atoms with Gasteiger partial charge in [-0.15, -0.1) is 11.8 Å². The Morgan fingerprint density at radius 2 is 1.76 bits per heavy atom. The van der Waals surface area contributed by atoms with Gasteiger partial charge in [0.25, 0.3) is 5.91 Å². The lowest BCUT2D eigenvalue weighted by Gasteiger charge is -2.09. The summed E-state index contributed by atoms with van der Waals surface area (Å²) in [6.45, 7) is 6.12. The predicted molar refractivity (Wildman–Crippen MR) is 72.2 cm³/mol. The van der Waals surface area contributed by atoms with Gasteiger partial charge in [-0.1, -0.05) is 17.7 Å². The molecule has 4 nitrogen and oxygen atoms in total. The molecule has 0 saturated heterocycles. The van der Waals surface area contributed by atoms with Crippen LogP contribution >= 0.6 is 11.8 Å². The number of aryl methyl sites for hydroxylation is 3. The first-order valence-electron chi connectivity index (χ1n) is 5.23. The third kappa shape index (κ3) is 4.11. The van der Waals surface area contributed by atoms with Crippen LogP contribution in [-0.2, 0) is 4.79 Å². The van der Waals surface area contributed by atoms with E-state index >= 15 is 0 Å². The smallest absolute Gasteiger partial charge is 0.259 e. The lowest BCUT2D eigenvalue weighted by Crippen LogP contribution is -2.24. The van der Waals surface area contributed by atoms with Gasteiger partial charge < -0.3 is 11.5 Å². The van der Waals surface area contributed by atoms with Crippen molar-refractivity contribution in [2.45, 2.75) is 25.7 Å². The molecule has 1 amide bonds. The van der Waals surface area contributed by atoms with Crippen LogP contribution in [0.15, 0.2) is 22.0 Å². The number of amides is 1. The Morgan fingerprint density at radius 1 is 1.24 bits per heavy atom. The van der Waals surface area contributed by atoms with Crippen LogP contribution in [0.5, 0.6) is 0 Å². The second-order valence-electron chi connectivity index (χ2n) is 3.95. The van der Waals surface area contributed by atoms with Crippen LogP contribution in [0.3, 0.4) is 0 Å². The Hall–Kier alpha value is -1.49. The maximum atomic E-state index is 11.3. The van der Waals surface area contributed by atoms with Gasteiger partial charge in [0.1, 0.15) is 0 Å². The predicted octanol–water partition coefficient (Wildman–Crippen LogP) is 1.50. The van der Waals surface area contributed by atoms with Crippen molar-refractivity contribution in [2.24, 2.45) is 16.5 Å². The fourth-order valence-electron chi connectivity index (χ4n) is 1.70. The monoisotopic (exact) mass is 251 g/mol. The molecule has 0 radical (unpaired) electrons. The molecule has 0 atom stereocenters. The normalized spacial score (nSPS) is 10.1. The van der Waals surface area contributed by atoms with Crippen LogP contribution in [-0.4, -0.2) is 17.6 Å². The molecule has 1 aromatic carbocycles. The summed E-state index contributed by atoms with van der Waals surface area (Å²) in [7, 11) is 0. The van der Waals surface area contributed by atoms with Crippen LogP contribution < -0.4 is 11.5 Å². The van der Waals surface area contributed by atoms with Crippen molar-refractivity contribution < 1.29 is 4.79 Å². The molecule has 0 unspecified atom stereocenters. The Balaban J connectivity index is 2.77. The molecule has 92 valence electrons. The fraction of sp³-hybridized carbons (Fsp3) is 0.333. The van der Waals surface area contributed by atoms with Crippen LogP contribution in [0.2, 0.25) is 0 Å². The first-order chi connectivity index (χ1) is 7.90. The lowest BCUT2D eigenvalue weighted by molar-refractivity contribution is -0.115. The first kappa shape index (κ1) is 13.6. The quantitative estimate of drug-likeness (QED) is 0.484. The number of benzene rings is 1. The maximum Gasteiger partial charge on any atom is 0.259 e. The largest absolute Gasteiger partial charge is 0.370 e. The number of rotatable bonds is 3. The number of hydrogen-bond donors (Lipinski definition) is 2. The molecule has 0 saturated carbocycles. The highest BCUT2D eigenvalue weighted by atomic mass is 32.2. The number of hydrogen-bond acceptors (Lipinski definition) is 2. The first-order valence-corrected chi connectivity index (χ1v) is 6.22. The number of carbonyl (C=O) groups excluding carboxylic acids is 1. The molecule has 0 bridgehead atoms. The number of guanidine groups is 1. The molecular weight excluding hydrogens is 234 g/mol. The summed E-state index contributed by atoms with van der Waals surface area (Å²) in [4.78, 5) is 15.9. The highest BCUT2D eigenvalue weighted by molar-refractivity contribution is 8.00. The van der Waals surface area contributed by atoms with Crippen LogP contribution in [0.1, 0.15) is 16.7 Å². The molecule has 0 aromatic heterocycles. The second-order valence-corrected chi connectivity index (χ2v) is 4.93. The van der Waals surface area contributed by atoms with Crippen LogP contribution in [0.25, 0.3) is 0 Å². The third-order valence-electron chi connectivity index (χ3n) is 2.20. The van der Waals surface area contributed by atoms with Crippen LogP contribution in [0, 0.1) is 20.8 Å². The van der Waals surface area contributed by atoms with E-state index in [0.29, 0.717) is 0 Å². The van der Waals surface area contributed by atoms with Crippen molar-refractivity contribution >= 4 is 23.6 Å². The van der Waals surface area contributed by atoms with Gasteiger partial charge in [0.05, 0.1) is 5.75 Å². The average molecular weight is 251 g/mol. The molecule has 0 aliphatic rings. The van der Waals surface area contributed by atoms with Crippen molar-refractivity contribution in [2.75, 3.05) is 5.75 Å². The molecule has 0 heterocycles. The van der Waals surface area contributed by atoms with Crippen molar-refractivity contribution in [1.82, 2.24) is 0 Å². The van der Waals surface area contributed by atoms with E-state index < -0.39 is 0 Å². The molecule has 17 heavy (non-hydrogen) atoms. The molecule has 4 N–H and O–H groups in total. The maximum absolute atomic E-state index is 11.3. The number of carbonyl (C=O) groups is 1. The molecule has 0 aliphatic heterocycles. The molecule has 0 aliphatic carbocycles. The van der Waals surface area contributed by atoms with Gasteiger partial charge in [0.2, 0.25) is 0 Å². The van der Waals surface area contributed by atoms with Crippen molar-refractivity contribution in [3.8, 4) is 0 Å². The summed E-state index contributed by atoms with van der Waals surface area (Å²) in [5.41, 5.74) is 13.8. The van der Waals surface area contributed by atoms with Gasteiger partial charge in [0.15, 0.2) is 5.96 Å². The lowest BCUT2D eigenvalue weighted by atomic mass is 10.1. The zero-order valence-corrected chi connectivity index (χ0v) is 11.1. The Labute approximate surface area is 105 Å². The standard InChI is InChI=1S/C12H17N3OS/c1-7-4-8(2)11(9(3)5-7)17-6-10(16)15-12(13)14/h4-5H,6H2,1-3H3,(H4,13,14,15,16). The summed E-state index contributed by atoms with van der Waals surface area (Å²) >= 11 is 1.46. The van der Waals surface area contributed by atoms with E-state index in [1.807, 2.05) is 13.8 Å². The highest BCUT2D eigenvalue weighted by Crippen LogP contribution is 2.27. The summed E-state index contributed by atoms with van der Waals surface area (Å²) in [5, 5.41) is 0. The van der Waals surface area contributed by atoms with Gasteiger partial charge >= 0.3 is 0 Å². The van der Waals surface area contributed by atoms with E-state index in [2.05, 4.69) is 24.0 Å². The van der Waals surface area contributed by atoms with Gasteiger partial charge in [-0.3, -0.25) is 4.79 Å². The Kier molecular flexibility index (Phi) is 4.57. The van der Waals surface area contributed by atoms with Gasteiger partial charge in [-0.05, 0) is 31.9 Å². The fourth-order valence-corrected chi connectivity index (χ4v) is 2.61. The van der Waals surface area contributed by atoms with Crippen molar-refractivity contribution in [3.63, 3.8) is 0 Å². The van der Waals surface area contributed by atoms with E-state index in [1.165, 1.54) is 28.5 Å². The van der Waals surface area contributed by atoms with E-state index in [1.54, 1.807) is 0 Å².